The number of halogens is 1. The molecule has 2 aromatic rings. The standard InChI is InChI=1S/C15H16ClN3O2/c1-9-5-14(19(2)18-9)17-15(20)11-6-10-7-12(16)3-4-13(10)21-8-11/h3-5,7,11H,6,8H2,1-2H3,(H,17,20)/t11-/m0/s1. The number of hydrogen-bond acceptors (Lipinski definition) is 3. The number of ether oxygens (including phenoxy) is 1. The summed E-state index contributed by atoms with van der Waals surface area (Å²) < 4.78 is 7.30. The third kappa shape index (κ3) is 2.88. The molecule has 0 bridgehead atoms. The van der Waals surface area contributed by atoms with E-state index in [9.17, 15) is 4.79 Å². The fourth-order valence-corrected chi connectivity index (χ4v) is 2.68. The van der Waals surface area contributed by atoms with Crippen molar-refractivity contribution >= 4 is 23.3 Å². The highest BCUT2D eigenvalue weighted by Crippen LogP contribution is 2.30. The fourth-order valence-electron chi connectivity index (χ4n) is 2.49. The van der Waals surface area contributed by atoms with Gasteiger partial charge >= 0.3 is 0 Å². The second kappa shape index (κ2) is 5.41. The third-order valence-electron chi connectivity index (χ3n) is 3.55. The molecule has 1 amide bonds. The number of rotatable bonds is 2. The number of nitrogens with zero attached hydrogens (tertiary/aromatic N) is 2. The summed E-state index contributed by atoms with van der Waals surface area (Å²) in [4.78, 5) is 12.4. The van der Waals surface area contributed by atoms with E-state index in [-0.39, 0.29) is 11.8 Å². The molecular weight excluding hydrogens is 290 g/mol. The first-order valence-electron chi connectivity index (χ1n) is 6.75. The Hall–Kier alpha value is -2.01. The van der Waals surface area contributed by atoms with E-state index in [2.05, 4.69) is 10.4 Å². The van der Waals surface area contributed by atoms with Crippen LogP contribution in [0.4, 0.5) is 5.82 Å². The van der Waals surface area contributed by atoms with Crippen LogP contribution >= 0.6 is 11.6 Å². The molecule has 1 aliphatic rings. The zero-order valence-electron chi connectivity index (χ0n) is 11.9. The van der Waals surface area contributed by atoms with Gasteiger partial charge in [0.05, 0.1) is 11.6 Å². The Morgan fingerprint density at radius 3 is 3.00 bits per heavy atom. The van der Waals surface area contributed by atoms with E-state index in [1.54, 1.807) is 17.8 Å². The number of carbonyl (C=O) groups excluding carboxylic acids is 1. The summed E-state index contributed by atoms with van der Waals surface area (Å²) in [5.41, 5.74) is 1.83. The van der Waals surface area contributed by atoms with Crippen LogP contribution in [-0.4, -0.2) is 22.3 Å². The van der Waals surface area contributed by atoms with E-state index in [4.69, 9.17) is 16.3 Å². The first-order valence-corrected chi connectivity index (χ1v) is 7.13. The number of anilines is 1. The summed E-state index contributed by atoms with van der Waals surface area (Å²) in [6, 6.07) is 7.33. The number of amides is 1. The van der Waals surface area contributed by atoms with E-state index in [0.29, 0.717) is 23.9 Å². The van der Waals surface area contributed by atoms with Gasteiger partial charge in [-0.05, 0) is 37.1 Å². The molecule has 3 rings (SSSR count). The number of benzene rings is 1. The normalized spacial score (nSPS) is 17.0. The van der Waals surface area contributed by atoms with Gasteiger partial charge in [0.1, 0.15) is 18.2 Å². The average molecular weight is 306 g/mol. The van der Waals surface area contributed by atoms with Crippen molar-refractivity contribution in [1.82, 2.24) is 9.78 Å². The molecule has 6 heteroatoms. The van der Waals surface area contributed by atoms with Crippen molar-refractivity contribution in [2.75, 3.05) is 11.9 Å². The van der Waals surface area contributed by atoms with Gasteiger partial charge in [-0.25, -0.2) is 0 Å². The Morgan fingerprint density at radius 1 is 1.48 bits per heavy atom. The van der Waals surface area contributed by atoms with Crippen LogP contribution in [0.15, 0.2) is 24.3 Å². The molecule has 0 radical (unpaired) electrons. The van der Waals surface area contributed by atoms with Crippen LogP contribution in [0.25, 0.3) is 0 Å². The zero-order valence-corrected chi connectivity index (χ0v) is 12.6. The number of carbonyl (C=O) groups is 1. The van der Waals surface area contributed by atoms with E-state index in [1.807, 2.05) is 25.1 Å². The zero-order chi connectivity index (χ0) is 15.0. The van der Waals surface area contributed by atoms with Crippen LogP contribution in [0.1, 0.15) is 11.3 Å². The summed E-state index contributed by atoms with van der Waals surface area (Å²) in [6.07, 6.45) is 0.624. The Kier molecular flexibility index (Phi) is 3.59. The number of aryl methyl sites for hydroxylation is 2. The van der Waals surface area contributed by atoms with Crippen LogP contribution in [-0.2, 0) is 18.3 Å². The quantitative estimate of drug-likeness (QED) is 0.928. The van der Waals surface area contributed by atoms with Gasteiger partial charge in [-0.1, -0.05) is 11.6 Å². The van der Waals surface area contributed by atoms with Crippen molar-refractivity contribution in [1.29, 1.82) is 0 Å². The number of aromatic nitrogens is 2. The molecule has 2 heterocycles. The highest BCUT2D eigenvalue weighted by atomic mass is 35.5. The lowest BCUT2D eigenvalue weighted by molar-refractivity contribution is -0.121. The molecule has 0 spiro atoms. The van der Waals surface area contributed by atoms with Gasteiger partial charge in [0.2, 0.25) is 5.91 Å². The van der Waals surface area contributed by atoms with Crippen molar-refractivity contribution in [2.24, 2.45) is 13.0 Å². The lowest BCUT2D eigenvalue weighted by Crippen LogP contribution is -2.33. The fraction of sp³-hybridized carbons (Fsp3) is 0.333. The maximum Gasteiger partial charge on any atom is 0.232 e. The Labute approximate surface area is 127 Å². The lowest BCUT2D eigenvalue weighted by Gasteiger charge is -2.24. The van der Waals surface area contributed by atoms with Crippen molar-refractivity contribution in [2.45, 2.75) is 13.3 Å². The first kappa shape index (κ1) is 13.9. The Morgan fingerprint density at radius 2 is 2.29 bits per heavy atom. The van der Waals surface area contributed by atoms with Crippen molar-refractivity contribution in [3.05, 3.63) is 40.5 Å². The largest absolute Gasteiger partial charge is 0.492 e. The highest BCUT2D eigenvalue weighted by molar-refractivity contribution is 6.30. The summed E-state index contributed by atoms with van der Waals surface area (Å²) in [5, 5.41) is 7.76. The van der Waals surface area contributed by atoms with Gasteiger partial charge in [0.25, 0.3) is 0 Å². The van der Waals surface area contributed by atoms with Crippen molar-refractivity contribution < 1.29 is 9.53 Å². The number of nitrogens with one attached hydrogen (secondary N) is 1. The predicted molar refractivity (Wildman–Crippen MR) is 80.7 cm³/mol. The molecule has 21 heavy (non-hydrogen) atoms. The molecule has 0 saturated carbocycles. The van der Waals surface area contributed by atoms with E-state index >= 15 is 0 Å². The van der Waals surface area contributed by atoms with E-state index < -0.39 is 0 Å². The highest BCUT2D eigenvalue weighted by Gasteiger charge is 2.26. The minimum absolute atomic E-state index is 0.0661. The van der Waals surface area contributed by atoms with Crippen molar-refractivity contribution in [3.63, 3.8) is 0 Å². The molecule has 1 N–H and O–H groups in total. The van der Waals surface area contributed by atoms with Crippen molar-refractivity contribution in [3.8, 4) is 5.75 Å². The maximum absolute atomic E-state index is 12.4. The molecule has 0 saturated heterocycles. The Bertz CT molecular complexity index is 696. The average Bonchev–Trinajstić information content (AvgIpc) is 2.76. The van der Waals surface area contributed by atoms with Gasteiger partial charge in [-0.15, -0.1) is 0 Å². The van der Waals surface area contributed by atoms with Gasteiger partial charge in [0, 0.05) is 18.1 Å². The molecule has 0 fully saturated rings. The Balaban J connectivity index is 1.73. The second-order valence-corrected chi connectivity index (χ2v) is 5.68. The molecule has 0 unspecified atom stereocenters. The maximum atomic E-state index is 12.4. The molecule has 5 nitrogen and oxygen atoms in total. The van der Waals surface area contributed by atoms with E-state index in [1.165, 1.54) is 0 Å². The molecule has 0 aliphatic carbocycles. The monoisotopic (exact) mass is 305 g/mol. The van der Waals surface area contributed by atoms with Gasteiger partial charge in [-0.3, -0.25) is 9.48 Å². The summed E-state index contributed by atoms with van der Waals surface area (Å²) in [5.74, 6) is 1.20. The number of fused-ring (bicyclic) bond motifs is 1. The minimum Gasteiger partial charge on any atom is -0.492 e. The molecule has 1 aromatic heterocycles. The third-order valence-corrected chi connectivity index (χ3v) is 3.79. The molecule has 1 atom stereocenters. The smallest absolute Gasteiger partial charge is 0.232 e. The minimum atomic E-state index is -0.230. The van der Waals surface area contributed by atoms with Gasteiger partial charge < -0.3 is 10.1 Å². The van der Waals surface area contributed by atoms with Crippen LogP contribution in [0.2, 0.25) is 5.02 Å². The predicted octanol–water partition coefficient (Wildman–Crippen LogP) is 2.57. The number of hydrogen-bond donors (Lipinski definition) is 1. The van der Waals surface area contributed by atoms with Crippen LogP contribution in [0.5, 0.6) is 5.75 Å². The molecule has 1 aromatic carbocycles. The van der Waals surface area contributed by atoms with Crippen LogP contribution < -0.4 is 10.1 Å². The summed E-state index contributed by atoms with van der Waals surface area (Å²) in [6.45, 7) is 2.26. The molecular formula is C15H16ClN3O2. The van der Waals surface area contributed by atoms with Crippen LogP contribution in [0, 0.1) is 12.8 Å². The lowest BCUT2D eigenvalue weighted by atomic mass is 9.96. The SMILES string of the molecule is Cc1cc(NC(=O)[C@@H]2COc3ccc(Cl)cc3C2)n(C)n1. The summed E-state index contributed by atoms with van der Waals surface area (Å²) in [7, 11) is 1.80. The van der Waals surface area contributed by atoms with E-state index in [0.717, 1.165) is 17.0 Å². The topological polar surface area (TPSA) is 56.1 Å². The molecule has 110 valence electrons. The van der Waals surface area contributed by atoms with Gasteiger partial charge in [-0.2, -0.15) is 5.10 Å². The van der Waals surface area contributed by atoms with Gasteiger partial charge in [0.15, 0.2) is 0 Å². The first-order chi connectivity index (χ1) is 10.0. The second-order valence-electron chi connectivity index (χ2n) is 5.25. The van der Waals surface area contributed by atoms with Crippen LogP contribution in [0.3, 0.4) is 0 Å². The molecule has 1 aliphatic heterocycles. The summed E-state index contributed by atoms with van der Waals surface area (Å²) >= 11 is 5.99.